The standard InChI is InChI=1S/C28H33ClN10O/c1-39(2)12-6-11-25(40)34-20-14-31-24(32-15-20)17-30-18-7-5-8-19(13-18)35-28-33-16-22(29)27(36-28)26-21-9-3-4-10-23(21)37-38-26/h3-4,6,9-11,14-16,18-19,30H,5,7-8,12-13,17H2,1-2H3,(H,34,40)(H,37,38)(H,33,35,36)/b11-6+/t18-,19+/m0/s1. The van der Waals surface area contributed by atoms with Gasteiger partial charge in [0, 0.05) is 30.1 Å². The van der Waals surface area contributed by atoms with Gasteiger partial charge in [-0.1, -0.05) is 35.9 Å². The summed E-state index contributed by atoms with van der Waals surface area (Å²) in [6.07, 6.45) is 12.3. The van der Waals surface area contributed by atoms with Crippen molar-refractivity contribution in [2.45, 2.75) is 44.3 Å². The number of H-pyrrole nitrogens is 1. The Labute approximate surface area is 237 Å². The summed E-state index contributed by atoms with van der Waals surface area (Å²) in [5.41, 5.74) is 2.83. The maximum Gasteiger partial charge on any atom is 0.248 e. The highest BCUT2D eigenvalue weighted by molar-refractivity contribution is 6.33. The van der Waals surface area contributed by atoms with Crippen LogP contribution in [0.25, 0.3) is 22.3 Å². The highest BCUT2D eigenvalue weighted by atomic mass is 35.5. The van der Waals surface area contributed by atoms with Gasteiger partial charge >= 0.3 is 0 Å². The number of halogens is 1. The van der Waals surface area contributed by atoms with Crippen LogP contribution in [0.1, 0.15) is 31.5 Å². The minimum atomic E-state index is -0.202. The van der Waals surface area contributed by atoms with E-state index in [4.69, 9.17) is 16.6 Å². The molecule has 1 amide bonds. The molecule has 2 atom stereocenters. The molecular formula is C28H33ClN10O. The SMILES string of the molecule is CN(C)C/C=C/C(=O)Nc1cnc(CN[C@H]2CCC[C@@H](Nc3ncc(Cl)c(-c4[nH]nc5ccccc45)n3)C2)nc1. The average Bonchev–Trinajstić information content (AvgIpc) is 3.38. The molecule has 40 heavy (non-hydrogen) atoms. The van der Waals surface area contributed by atoms with Crippen molar-refractivity contribution in [1.82, 2.24) is 40.3 Å². The summed E-state index contributed by atoms with van der Waals surface area (Å²) in [5, 5.41) is 18.7. The van der Waals surface area contributed by atoms with Gasteiger partial charge in [0.2, 0.25) is 11.9 Å². The highest BCUT2D eigenvalue weighted by Gasteiger charge is 2.23. The van der Waals surface area contributed by atoms with E-state index in [1.54, 1.807) is 24.7 Å². The number of benzene rings is 1. The minimum Gasteiger partial charge on any atom is -0.351 e. The zero-order valence-electron chi connectivity index (χ0n) is 22.6. The first-order valence-corrected chi connectivity index (χ1v) is 13.7. The maximum atomic E-state index is 12.0. The Morgan fingerprint density at radius 3 is 2.75 bits per heavy atom. The third kappa shape index (κ3) is 7.17. The topological polar surface area (TPSA) is 137 Å². The van der Waals surface area contributed by atoms with Crippen LogP contribution in [0.2, 0.25) is 5.02 Å². The first-order valence-electron chi connectivity index (χ1n) is 13.3. The third-order valence-corrected chi connectivity index (χ3v) is 6.99. The minimum absolute atomic E-state index is 0.202. The molecule has 0 saturated heterocycles. The van der Waals surface area contributed by atoms with E-state index in [0.29, 0.717) is 47.3 Å². The second-order valence-electron chi connectivity index (χ2n) is 10.1. The summed E-state index contributed by atoms with van der Waals surface area (Å²) in [4.78, 5) is 31.9. The molecule has 3 heterocycles. The summed E-state index contributed by atoms with van der Waals surface area (Å²) in [5.74, 6) is 1.02. The zero-order valence-corrected chi connectivity index (χ0v) is 23.3. The molecule has 4 aromatic rings. The van der Waals surface area contributed by atoms with E-state index >= 15 is 0 Å². The van der Waals surface area contributed by atoms with E-state index < -0.39 is 0 Å². The van der Waals surface area contributed by atoms with Gasteiger partial charge in [-0.05, 0) is 45.8 Å². The van der Waals surface area contributed by atoms with Crippen LogP contribution in [0, 0.1) is 0 Å². The summed E-state index contributed by atoms with van der Waals surface area (Å²) < 4.78 is 0. The predicted octanol–water partition coefficient (Wildman–Crippen LogP) is 4.03. The van der Waals surface area contributed by atoms with Gasteiger partial charge in [0.1, 0.15) is 11.5 Å². The number of aromatic amines is 1. The van der Waals surface area contributed by atoms with Gasteiger partial charge < -0.3 is 20.9 Å². The second-order valence-corrected chi connectivity index (χ2v) is 10.5. The molecule has 11 nitrogen and oxygen atoms in total. The lowest BCUT2D eigenvalue weighted by Crippen LogP contribution is -2.39. The number of aromatic nitrogens is 6. The van der Waals surface area contributed by atoms with Crippen molar-refractivity contribution in [2.75, 3.05) is 31.3 Å². The maximum absolute atomic E-state index is 12.0. The first-order chi connectivity index (χ1) is 19.4. The average molecular weight is 561 g/mol. The number of carbonyl (C=O) groups excluding carboxylic acids is 1. The second kappa shape index (κ2) is 12.9. The molecule has 0 unspecified atom stereocenters. The highest BCUT2D eigenvalue weighted by Crippen LogP contribution is 2.31. The number of para-hydroxylation sites is 1. The summed E-state index contributed by atoms with van der Waals surface area (Å²) in [6.45, 7) is 1.24. The first kappa shape index (κ1) is 27.6. The molecule has 5 rings (SSSR count). The Morgan fingerprint density at radius 1 is 1.12 bits per heavy atom. The molecule has 12 heteroatoms. The van der Waals surface area contributed by atoms with Crippen molar-refractivity contribution in [3.63, 3.8) is 0 Å². The normalized spacial score (nSPS) is 17.5. The molecule has 0 spiro atoms. The number of anilines is 2. The number of carbonyl (C=O) groups is 1. The van der Waals surface area contributed by atoms with Gasteiger partial charge in [0.05, 0.1) is 47.1 Å². The Hall–Kier alpha value is -3.93. The fourth-order valence-electron chi connectivity index (χ4n) is 4.74. The zero-order chi connectivity index (χ0) is 27.9. The lowest BCUT2D eigenvalue weighted by atomic mass is 9.91. The van der Waals surface area contributed by atoms with Gasteiger partial charge in [0.25, 0.3) is 0 Å². The van der Waals surface area contributed by atoms with Crippen molar-refractivity contribution >= 4 is 40.0 Å². The largest absolute Gasteiger partial charge is 0.351 e. The molecule has 4 N–H and O–H groups in total. The number of hydrogen-bond acceptors (Lipinski definition) is 9. The Kier molecular flexibility index (Phi) is 8.94. The van der Waals surface area contributed by atoms with Crippen molar-refractivity contribution in [3.8, 4) is 11.4 Å². The number of hydrogen-bond donors (Lipinski definition) is 4. The van der Waals surface area contributed by atoms with Crippen LogP contribution in [0.15, 0.2) is 55.0 Å². The number of nitrogens with zero attached hydrogens (tertiary/aromatic N) is 6. The predicted molar refractivity (Wildman–Crippen MR) is 157 cm³/mol. The van der Waals surface area contributed by atoms with E-state index in [2.05, 4.69) is 41.1 Å². The van der Waals surface area contributed by atoms with Gasteiger partial charge in [-0.25, -0.2) is 19.9 Å². The smallest absolute Gasteiger partial charge is 0.248 e. The van der Waals surface area contributed by atoms with Gasteiger partial charge in [0.15, 0.2) is 0 Å². The summed E-state index contributed by atoms with van der Waals surface area (Å²) in [7, 11) is 3.89. The Morgan fingerprint density at radius 2 is 1.93 bits per heavy atom. The lowest BCUT2D eigenvalue weighted by Gasteiger charge is -2.30. The molecule has 1 aliphatic carbocycles. The Bertz CT molecular complexity index is 1470. The molecule has 1 saturated carbocycles. The third-order valence-electron chi connectivity index (χ3n) is 6.71. The van der Waals surface area contributed by atoms with E-state index in [9.17, 15) is 4.79 Å². The van der Waals surface area contributed by atoms with Crippen LogP contribution in [0.5, 0.6) is 0 Å². The van der Waals surface area contributed by atoms with Crippen molar-refractivity contribution in [2.24, 2.45) is 0 Å². The molecule has 1 fully saturated rings. The van der Waals surface area contributed by atoms with Crippen LogP contribution >= 0.6 is 11.6 Å². The quantitative estimate of drug-likeness (QED) is 0.212. The number of amides is 1. The van der Waals surface area contributed by atoms with Gasteiger partial charge in [-0.15, -0.1) is 0 Å². The fourth-order valence-corrected chi connectivity index (χ4v) is 4.93. The number of rotatable bonds is 10. The van der Waals surface area contributed by atoms with E-state index in [-0.39, 0.29) is 11.9 Å². The van der Waals surface area contributed by atoms with E-state index in [0.717, 1.165) is 42.3 Å². The summed E-state index contributed by atoms with van der Waals surface area (Å²) >= 11 is 6.47. The fraction of sp³-hybridized carbons (Fsp3) is 0.357. The lowest BCUT2D eigenvalue weighted by molar-refractivity contribution is -0.111. The van der Waals surface area contributed by atoms with Crippen molar-refractivity contribution < 1.29 is 4.79 Å². The molecule has 1 aliphatic rings. The molecule has 1 aromatic carbocycles. The van der Waals surface area contributed by atoms with Crippen LogP contribution in [-0.4, -0.2) is 73.7 Å². The van der Waals surface area contributed by atoms with Gasteiger partial charge in [-0.2, -0.15) is 5.10 Å². The molecule has 0 radical (unpaired) electrons. The van der Waals surface area contributed by atoms with Crippen molar-refractivity contribution in [1.29, 1.82) is 0 Å². The number of likely N-dealkylation sites (N-methyl/N-ethyl adjacent to an activating group) is 1. The monoisotopic (exact) mass is 560 g/mol. The molecule has 3 aromatic heterocycles. The molecule has 0 aliphatic heterocycles. The van der Waals surface area contributed by atoms with Crippen LogP contribution < -0.4 is 16.0 Å². The Balaban J connectivity index is 1.14. The number of nitrogens with one attached hydrogen (secondary N) is 4. The molecular weight excluding hydrogens is 528 g/mol. The molecule has 208 valence electrons. The van der Waals surface area contributed by atoms with Crippen LogP contribution in [0.4, 0.5) is 11.6 Å². The number of fused-ring (bicyclic) bond motifs is 1. The van der Waals surface area contributed by atoms with Crippen molar-refractivity contribution in [3.05, 3.63) is 65.9 Å². The van der Waals surface area contributed by atoms with Crippen LogP contribution in [0.3, 0.4) is 0 Å². The van der Waals surface area contributed by atoms with Crippen LogP contribution in [-0.2, 0) is 11.3 Å². The van der Waals surface area contributed by atoms with E-state index in [1.165, 1.54) is 6.08 Å². The molecule has 0 bridgehead atoms. The summed E-state index contributed by atoms with van der Waals surface area (Å²) in [6, 6.07) is 8.38. The van der Waals surface area contributed by atoms with E-state index in [1.807, 2.05) is 43.3 Å². The van der Waals surface area contributed by atoms with Gasteiger partial charge in [-0.3, -0.25) is 9.89 Å².